The highest BCUT2D eigenvalue weighted by Gasteiger charge is 2.21. The Hall–Kier alpha value is -2.82. The summed E-state index contributed by atoms with van der Waals surface area (Å²) < 4.78 is 0. The lowest BCUT2D eigenvalue weighted by Crippen LogP contribution is -2.28. The van der Waals surface area contributed by atoms with Crippen molar-refractivity contribution in [2.75, 3.05) is 31.6 Å². The van der Waals surface area contributed by atoms with Gasteiger partial charge in [0.1, 0.15) is 0 Å². The molecular formula is C24H29N3O2. The van der Waals surface area contributed by atoms with Crippen LogP contribution in [0, 0.1) is 0 Å². The van der Waals surface area contributed by atoms with Crippen molar-refractivity contribution < 1.29 is 9.59 Å². The van der Waals surface area contributed by atoms with Crippen LogP contribution in [0.1, 0.15) is 47.2 Å². The number of hydrogen-bond donors (Lipinski definition) is 0. The Morgan fingerprint density at radius 3 is 2.55 bits per heavy atom. The highest BCUT2D eigenvalue weighted by atomic mass is 16.2. The molecule has 152 valence electrons. The van der Waals surface area contributed by atoms with Gasteiger partial charge in [-0.15, -0.1) is 0 Å². The third kappa shape index (κ3) is 4.44. The van der Waals surface area contributed by atoms with E-state index in [1.165, 1.54) is 24.1 Å². The number of likely N-dealkylation sites (tertiary alicyclic amines) is 1. The molecule has 2 saturated heterocycles. The Kier molecular flexibility index (Phi) is 5.84. The number of amides is 2. The summed E-state index contributed by atoms with van der Waals surface area (Å²) in [6.07, 6.45) is 4.03. The van der Waals surface area contributed by atoms with Gasteiger partial charge in [0.25, 0.3) is 5.91 Å². The van der Waals surface area contributed by atoms with Crippen molar-refractivity contribution in [1.29, 1.82) is 0 Å². The van der Waals surface area contributed by atoms with E-state index in [1.54, 1.807) is 4.90 Å². The number of benzene rings is 2. The van der Waals surface area contributed by atoms with Gasteiger partial charge in [-0.3, -0.25) is 9.59 Å². The van der Waals surface area contributed by atoms with Crippen molar-refractivity contribution in [2.45, 2.75) is 38.8 Å². The summed E-state index contributed by atoms with van der Waals surface area (Å²) in [5.41, 5.74) is 4.11. The second-order valence-electron chi connectivity index (χ2n) is 8.10. The fraction of sp³-hybridized carbons (Fsp3) is 0.417. The van der Waals surface area contributed by atoms with Crippen LogP contribution in [0.4, 0.5) is 5.69 Å². The molecule has 2 fully saturated rings. The van der Waals surface area contributed by atoms with Crippen LogP contribution in [0.15, 0.2) is 48.5 Å². The molecule has 0 saturated carbocycles. The predicted molar refractivity (Wildman–Crippen MR) is 115 cm³/mol. The quantitative estimate of drug-likeness (QED) is 0.754. The number of para-hydroxylation sites is 1. The molecule has 2 amide bonds. The lowest BCUT2D eigenvalue weighted by Gasteiger charge is -2.25. The molecule has 4 rings (SSSR count). The molecule has 0 bridgehead atoms. The number of rotatable bonds is 6. The highest BCUT2D eigenvalue weighted by Crippen LogP contribution is 2.26. The van der Waals surface area contributed by atoms with Crippen LogP contribution in [0.5, 0.6) is 0 Å². The van der Waals surface area contributed by atoms with Crippen molar-refractivity contribution in [3.63, 3.8) is 0 Å². The van der Waals surface area contributed by atoms with Crippen molar-refractivity contribution in [1.82, 2.24) is 9.80 Å². The summed E-state index contributed by atoms with van der Waals surface area (Å²) in [6.45, 7) is 4.16. The van der Waals surface area contributed by atoms with E-state index in [4.69, 9.17) is 0 Å². The Balaban J connectivity index is 1.46. The Bertz CT molecular complexity index is 889. The van der Waals surface area contributed by atoms with Crippen molar-refractivity contribution >= 4 is 17.5 Å². The van der Waals surface area contributed by atoms with Gasteiger partial charge in [0.15, 0.2) is 0 Å². The predicted octanol–water partition coefficient (Wildman–Crippen LogP) is 3.68. The summed E-state index contributed by atoms with van der Waals surface area (Å²) in [7, 11) is 1.86. The molecule has 0 N–H and O–H groups in total. The van der Waals surface area contributed by atoms with E-state index in [2.05, 4.69) is 23.1 Å². The molecule has 2 aromatic rings. The van der Waals surface area contributed by atoms with Crippen LogP contribution in [0.25, 0.3) is 0 Å². The number of anilines is 1. The summed E-state index contributed by atoms with van der Waals surface area (Å²) >= 11 is 0. The van der Waals surface area contributed by atoms with Gasteiger partial charge in [-0.1, -0.05) is 30.3 Å². The van der Waals surface area contributed by atoms with Crippen molar-refractivity contribution in [2.24, 2.45) is 0 Å². The zero-order chi connectivity index (χ0) is 20.2. The van der Waals surface area contributed by atoms with Crippen LogP contribution < -0.4 is 4.90 Å². The summed E-state index contributed by atoms with van der Waals surface area (Å²) in [5.74, 6) is 0.216. The first-order chi connectivity index (χ1) is 14.1. The van der Waals surface area contributed by atoms with Gasteiger partial charge in [-0.05, 0) is 48.6 Å². The number of carbonyl (C=O) groups excluding carboxylic acids is 2. The number of hydrogen-bond acceptors (Lipinski definition) is 3. The van der Waals surface area contributed by atoms with E-state index in [0.29, 0.717) is 25.1 Å². The van der Waals surface area contributed by atoms with Gasteiger partial charge in [-0.25, -0.2) is 0 Å². The van der Waals surface area contributed by atoms with E-state index in [9.17, 15) is 9.59 Å². The molecule has 0 atom stereocenters. The summed E-state index contributed by atoms with van der Waals surface area (Å²) in [4.78, 5) is 31.0. The monoisotopic (exact) mass is 391 g/mol. The fourth-order valence-electron chi connectivity index (χ4n) is 4.35. The molecule has 5 nitrogen and oxygen atoms in total. The fourth-order valence-corrected chi connectivity index (χ4v) is 4.35. The number of nitrogens with zero attached hydrogens (tertiary/aromatic N) is 3. The summed E-state index contributed by atoms with van der Waals surface area (Å²) in [5, 5.41) is 0. The van der Waals surface area contributed by atoms with Crippen LogP contribution in [0.3, 0.4) is 0 Å². The van der Waals surface area contributed by atoms with E-state index in [-0.39, 0.29) is 11.8 Å². The summed E-state index contributed by atoms with van der Waals surface area (Å²) in [6, 6.07) is 16.1. The van der Waals surface area contributed by atoms with E-state index in [1.807, 2.05) is 42.3 Å². The maximum Gasteiger partial charge on any atom is 0.253 e. The molecule has 2 aliphatic heterocycles. The Labute approximate surface area is 172 Å². The minimum absolute atomic E-state index is 0.0100. The van der Waals surface area contributed by atoms with Gasteiger partial charge < -0.3 is 14.7 Å². The van der Waals surface area contributed by atoms with Crippen LogP contribution in [0.2, 0.25) is 0 Å². The van der Waals surface area contributed by atoms with Gasteiger partial charge in [0, 0.05) is 57.4 Å². The molecule has 0 spiro atoms. The average molecular weight is 392 g/mol. The molecule has 0 radical (unpaired) electrons. The first-order valence-corrected chi connectivity index (χ1v) is 10.6. The maximum absolute atomic E-state index is 13.1. The van der Waals surface area contributed by atoms with Crippen molar-refractivity contribution in [3.8, 4) is 0 Å². The highest BCUT2D eigenvalue weighted by molar-refractivity contribution is 5.94. The molecule has 5 heteroatoms. The first-order valence-electron chi connectivity index (χ1n) is 10.6. The van der Waals surface area contributed by atoms with E-state index >= 15 is 0 Å². The molecular weight excluding hydrogens is 362 g/mol. The molecule has 2 aliphatic rings. The lowest BCUT2D eigenvalue weighted by atomic mass is 10.1. The van der Waals surface area contributed by atoms with Gasteiger partial charge in [0.2, 0.25) is 5.91 Å². The molecule has 0 aromatic heterocycles. The second kappa shape index (κ2) is 8.68. The third-order valence-electron chi connectivity index (χ3n) is 5.91. The van der Waals surface area contributed by atoms with Crippen molar-refractivity contribution in [3.05, 3.63) is 65.2 Å². The lowest BCUT2D eigenvalue weighted by molar-refractivity contribution is -0.128. The topological polar surface area (TPSA) is 43.9 Å². The van der Waals surface area contributed by atoms with Crippen LogP contribution >= 0.6 is 0 Å². The third-order valence-corrected chi connectivity index (χ3v) is 5.91. The molecule has 2 aromatic carbocycles. The normalized spacial score (nSPS) is 16.5. The van der Waals surface area contributed by atoms with Gasteiger partial charge in [0.05, 0.1) is 0 Å². The number of carbonyl (C=O) groups is 2. The smallest absolute Gasteiger partial charge is 0.253 e. The molecule has 29 heavy (non-hydrogen) atoms. The Morgan fingerprint density at radius 2 is 1.79 bits per heavy atom. The minimum Gasteiger partial charge on any atom is -0.371 e. The molecule has 0 unspecified atom stereocenters. The zero-order valence-electron chi connectivity index (χ0n) is 17.1. The SMILES string of the molecule is CN(Cc1ccccc1N1CCCC1)C(=O)c1cccc(CN2CCCC2=O)c1. The van der Waals surface area contributed by atoms with Gasteiger partial charge in [-0.2, -0.15) is 0 Å². The Morgan fingerprint density at radius 1 is 1.00 bits per heavy atom. The first kappa shape index (κ1) is 19.5. The minimum atomic E-state index is 0.0100. The molecule has 2 heterocycles. The zero-order valence-corrected chi connectivity index (χ0v) is 17.1. The second-order valence-corrected chi connectivity index (χ2v) is 8.10. The van der Waals surface area contributed by atoms with Crippen LogP contribution in [-0.4, -0.2) is 48.3 Å². The largest absolute Gasteiger partial charge is 0.371 e. The average Bonchev–Trinajstić information content (AvgIpc) is 3.40. The standard InChI is InChI=1S/C24H29N3O2/c1-25(18-21-9-2-3-11-22(21)26-13-4-5-14-26)24(29)20-10-6-8-19(16-20)17-27-15-7-12-23(27)28/h2-3,6,8-11,16H,4-5,7,12-15,17-18H2,1H3. The van der Waals surface area contributed by atoms with Crippen LogP contribution in [-0.2, 0) is 17.9 Å². The van der Waals surface area contributed by atoms with E-state index in [0.717, 1.165) is 31.6 Å². The maximum atomic E-state index is 13.1. The molecule has 0 aliphatic carbocycles. The van der Waals surface area contributed by atoms with E-state index < -0.39 is 0 Å². The van der Waals surface area contributed by atoms with Gasteiger partial charge >= 0.3 is 0 Å².